The maximum absolute atomic E-state index is 14.5. The van der Waals surface area contributed by atoms with Crippen LogP contribution in [0.1, 0.15) is 48.1 Å². The fourth-order valence-electron chi connectivity index (χ4n) is 3.24. The molecular formula is C22H20FN3O2. The highest BCUT2D eigenvalue weighted by molar-refractivity contribution is 6.15. The summed E-state index contributed by atoms with van der Waals surface area (Å²) in [6.45, 7) is 5.61. The van der Waals surface area contributed by atoms with Crippen LogP contribution in [0.25, 0.3) is 5.69 Å². The van der Waals surface area contributed by atoms with Crippen molar-refractivity contribution in [2.24, 2.45) is 4.99 Å². The van der Waals surface area contributed by atoms with E-state index in [1.165, 1.54) is 6.07 Å². The lowest BCUT2D eigenvalue weighted by Crippen LogP contribution is -2.24. The number of para-hydroxylation sites is 1. The van der Waals surface area contributed by atoms with Crippen molar-refractivity contribution in [3.05, 3.63) is 83.2 Å². The third kappa shape index (κ3) is 3.22. The molecule has 1 aliphatic heterocycles. The molecule has 0 atom stereocenters. The standard InChI is InChI=1S/C22H20FN3O2/c1-22(2,3)28-21(27)20-18-12-24-19(14-8-4-6-10-16(14)23)15-9-5-7-11-17(15)26(18)13-25-20/h4-11,13H,12H2,1-3H3. The molecule has 142 valence electrons. The van der Waals surface area contributed by atoms with Crippen LogP contribution in [-0.4, -0.2) is 26.8 Å². The number of hydrogen-bond donors (Lipinski definition) is 0. The molecule has 6 heteroatoms. The molecular weight excluding hydrogens is 357 g/mol. The Morgan fingerprint density at radius 2 is 1.75 bits per heavy atom. The number of halogens is 1. The summed E-state index contributed by atoms with van der Waals surface area (Å²) in [6, 6.07) is 14.1. The molecule has 3 aromatic rings. The van der Waals surface area contributed by atoms with Gasteiger partial charge >= 0.3 is 5.97 Å². The number of hydrogen-bond acceptors (Lipinski definition) is 4. The van der Waals surface area contributed by atoms with Gasteiger partial charge in [0.15, 0.2) is 5.69 Å². The SMILES string of the molecule is CC(C)(C)OC(=O)c1ncn2c1CN=C(c1ccccc1F)c1ccccc1-2. The van der Waals surface area contributed by atoms with E-state index in [2.05, 4.69) is 9.98 Å². The minimum Gasteiger partial charge on any atom is -0.455 e. The second kappa shape index (κ2) is 6.71. The van der Waals surface area contributed by atoms with Gasteiger partial charge in [0.2, 0.25) is 0 Å². The van der Waals surface area contributed by atoms with Gasteiger partial charge in [0.25, 0.3) is 0 Å². The number of rotatable bonds is 2. The number of aromatic nitrogens is 2. The van der Waals surface area contributed by atoms with Gasteiger partial charge < -0.3 is 4.74 Å². The van der Waals surface area contributed by atoms with Crippen molar-refractivity contribution in [3.8, 4) is 5.69 Å². The second-order valence-electron chi connectivity index (χ2n) is 7.57. The van der Waals surface area contributed by atoms with Gasteiger partial charge in [0, 0.05) is 11.1 Å². The summed E-state index contributed by atoms with van der Waals surface area (Å²) in [7, 11) is 0. The molecule has 1 aliphatic rings. The Hall–Kier alpha value is -3.28. The lowest BCUT2D eigenvalue weighted by molar-refractivity contribution is 0.00621. The van der Waals surface area contributed by atoms with E-state index in [1.54, 1.807) is 24.5 Å². The Balaban J connectivity index is 1.86. The van der Waals surface area contributed by atoms with Crippen molar-refractivity contribution in [2.45, 2.75) is 32.9 Å². The molecule has 5 nitrogen and oxygen atoms in total. The summed E-state index contributed by atoms with van der Waals surface area (Å²) in [5, 5.41) is 0. The van der Waals surface area contributed by atoms with E-state index in [9.17, 15) is 9.18 Å². The van der Waals surface area contributed by atoms with E-state index in [4.69, 9.17) is 4.74 Å². The van der Waals surface area contributed by atoms with Gasteiger partial charge in [-0.25, -0.2) is 14.2 Å². The van der Waals surface area contributed by atoms with Crippen molar-refractivity contribution in [3.63, 3.8) is 0 Å². The molecule has 0 saturated heterocycles. The first kappa shape index (κ1) is 18.1. The minimum atomic E-state index is -0.627. The highest BCUT2D eigenvalue weighted by atomic mass is 19.1. The predicted molar refractivity (Wildman–Crippen MR) is 104 cm³/mol. The number of ether oxygens (including phenoxy) is 1. The third-order valence-corrected chi connectivity index (χ3v) is 4.39. The molecule has 0 radical (unpaired) electrons. The molecule has 2 heterocycles. The molecule has 0 bridgehead atoms. The molecule has 1 aromatic heterocycles. The van der Waals surface area contributed by atoms with Crippen LogP contribution in [0.15, 0.2) is 59.9 Å². The zero-order valence-electron chi connectivity index (χ0n) is 15.9. The number of carbonyl (C=O) groups excluding carboxylic acids is 1. The van der Waals surface area contributed by atoms with E-state index in [0.717, 1.165) is 11.3 Å². The minimum absolute atomic E-state index is 0.187. The number of fused-ring (bicyclic) bond motifs is 3. The van der Waals surface area contributed by atoms with Crippen molar-refractivity contribution in [2.75, 3.05) is 0 Å². The van der Waals surface area contributed by atoms with Gasteiger partial charge in [-0.3, -0.25) is 9.56 Å². The molecule has 0 spiro atoms. The van der Waals surface area contributed by atoms with Crippen LogP contribution in [0.2, 0.25) is 0 Å². The molecule has 0 N–H and O–H groups in total. The molecule has 0 amide bonds. The fraction of sp³-hybridized carbons (Fsp3) is 0.227. The smallest absolute Gasteiger partial charge is 0.359 e. The summed E-state index contributed by atoms with van der Waals surface area (Å²) >= 11 is 0. The number of esters is 1. The predicted octanol–water partition coefficient (Wildman–Crippen LogP) is 4.32. The maximum atomic E-state index is 14.5. The number of nitrogens with zero attached hydrogens (tertiary/aromatic N) is 3. The van der Waals surface area contributed by atoms with Crippen molar-refractivity contribution < 1.29 is 13.9 Å². The molecule has 0 aliphatic carbocycles. The lowest BCUT2D eigenvalue weighted by atomic mass is 10.00. The topological polar surface area (TPSA) is 56.5 Å². The van der Waals surface area contributed by atoms with Gasteiger partial charge in [-0.1, -0.05) is 30.3 Å². The number of benzene rings is 2. The zero-order chi connectivity index (χ0) is 19.9. The Bertz CT molecular complexity index is 1090. The second-order valence-corrected chi connectivity index (χ2v) is 7.57. The first-order valence-electron chi connectivity index (χ1n) is 9.04. The summed E-state index contributed by atoms with van der Waals surface area (Å²) in [5.74, 6) is -0.837. The third-order valence-electron chi connectivity index (χ3n) is 4.39. The first-order valence-corrected chi connectivity index (χ1v) is 9.04. The Labute approximate surface area is 162 Å². The normalized spacial score (nSPS) is 13.2. The maximum Gasteiger partial charge on any atom is 0.359 e. The molecule has 4 rings (SSSR count). The van der Waals surface area contributed by atoms with Crippen LogP contribution < -0.4 is 0 Å². The summed E-state index contributed by atoms with van der Waals surface area (Å²) < 4.78 is 21.8. The largest absolute Gasteiger partial charge is 0.455 e. The van der Waals surface area contributed by atoms with E-state index in [0.29, 0.717) is 17.0 Å². The van der Waals surface area contributed by atoms with Crippen LogP contribution in [0, 0.1) is 5.82 Å². The van der Waals surface area contributed by atoms with Gasteiger partial charge in [0.05, 0.1) is 23.6 Å². The van der Waals surface area contributed by atoms with Crippen LogP contribution in [0.4, 0.5) is 4.39 Å². The molecule has 0 saturated carbocycles. The molecule has 2 aromatic carbocycles. The van der Waals surface area contributed by atoms with Crippen molar-refractivity contribution in [1.29, 1.82) is 0 Å². The van der Waals surface area contributed by atoms with Gasteiger partial charge in [-0.15, -0.1) is 0 Å². The number of aliphatic imine (C=N–C) groups is 1. The number of imidazole rings is 1. The fourth-order valence-corrected chi connectivity index (χ4v) is 3.24. The molecule has 0 unspecified atom stereocenters. The first-order chi connectivity index (χ1) is 13.3. The average Bonchev–Trinajstić information content (AvgIpc) is 2.99. The van der Waals surface area contributed by atoms with Crippen LogP contribution in [-0.2, 0) is 11.3 Å². The van der Waals surface area contributed by atoms with Crippen LogP contribution in [0.5, 0.6) is 0 Å². The van der Waals surface area contributed by atoms with Crippen LogP contribution >= 0.6 is 0 Å². The summed E-state index contributed by atoms with van der Waals surface area (Å²) in [5.41, 5.74) is 2.76. The van der Waals surface area contributed by atoms with E-state index in [-0.39, 0.29) is 18.1 Å². The van der Waals surface area contributed by atoms with E-state index < -0.39 is 11.6 Å². The van der Waals surface area contributed by atoms with Gasteiger partial charge in [-0.2, -0.15) is 0 Å². The lowest BCUT2D eigenvalue weighted by Gasteiger charge is -2.19. The monoisotopic (exact) mass is 377 g/mol. The summed E-state index contributed by atoms with van der Waals surface area (Å²) in [6.07, 6.45) is 1.59. The molecule has 28 heavy (non-hydrogen) atoms. The Morgan fingerprint density at radius 3 is 2.46 bits per heavy atom. The molecule has 0 fully saturated rings. The highest BCUT2D eigenvalue weighted by Gasteiger charge is 2.27. The number of carbonyl (C=O) groups is 1. The van der Waals surface area contributed by atoms with E-state index in [1.807, 2.05) is 49.6 Å². The van der Waals surface area contributed by atoms with Gasteiger partial charge in [0.1, 0.15) is 17.7 Å². The average molecular weight is 377 g/mol. The van der Waals surface area contributed by atoms with Crippen molar-refractivity contribution in [1.82, 2.24) is 9.55 Å². The Kier molecular flexibility index (Phi) is 4.34. The quantitative estimate of drug-likeness (QED) is 0.625. The zero-order valence-corrected chi connectivity index (χ0v) is 15.9. The van der Waals surface area contributed by atoms with Gasteiger partial charge in [-0.05, 0) is 39.0 Å². The van der Waals surface area contributed by atoms with E-state index >= 15 is 0 Å². The Morgan fingerprint density at radius 1 is 1.07 bits per heavy atom. The summed E-state index contributed by atoms with van der Waals surface area (Å²) in [4.78, 5) is 21.6. The van der Waals surface area contributed by atoms with Crippen LogP contribution in [0.3, 0.4) is 0 Å². The van der Waals surface area contributed by atoms with Crippen molar-refractivity contribution >= 4 is 11.7 Å². The highest BCUT2D eigenvalue weighted by Crippen LogP contribution is 2.28.